The van der Waals surface area contributed by atoms with Crippen LogP contribution in [-0.2, 0) is 19.4 Å². The Bertz CT molecular complexity index is 951. The van der Waals surface area contributed by atoms with E-state index < -0.39 is 0 Å². The van der Waals surface area contributed by atoms with Crippen LogP contribution < -0.4 is 0 Å². The van der Waals surface area contributed by atoms with Gasteiger partial charge in [0.1, 0.15) is 0 Å². The van der Waals surface area contributed by atoms with E-state index >= 15 is 0 Å². The Morgan fingerprint density at radius 3 is 2.85 bits per heavy atom. The smallest absolute Gasteiger partial charge is 0.0991 e. The van der Waals surface area contributed by atoms with E-state index in [9.17, 15) is 5.26 Å². The van der Waals surface area contributed by atoms with Crippen molar-refractivity contribution in [2.24, 2.45) is 0 Å². The molecule has 0 spiro atoms. The van der Waals surface area contributed by atoms with Crippen LogP contribution in [0.2, 0.25) is 0 Å². The van der Waals surface area contributed by atoms with Crippen LogP contribution in [0.5, 0.6) is 0 Å². The summed E-state index contributed by atoms with van der Waals surface area (Å²) in [5.74, 6) is 0. The molecule has 1 aliphatic heterocycles. The van der Waals surface area contributed by atoms with Gasteiger partial charge in [-0.1, -0.05) is 43.3 Å². The number of aromatic nitrogens is 2. The highest BCUT2D eigenvalue weighted by Gasteiger charge is 2.31. The largest absolute Gasteiger partial charge is 0.348 e. The van der Waals surface area contributed by atoms with Crippen LogP contribution in [0.3, 0.4) is 0 Å². The average Bonchev–Trinajstić information content (AvgIpc) is 3.17. The predicted octanol–water partition coefficient (Wildman–Crippen LogP) is 3.99. The molecule has 4 nitrogen and oxygen atoms in total. The molecule has 0 unspecified atom stereocenters. The van der Waals surface area contributed by atoms with Gasteiger partial charge in [-0.3, -0.25) is 4.90 Å². The molecule has 1 aliphatic rings. The number of benzene rings is 2. The summed E-state index contributed by atoms with van der Waals surface area (Å²) in [6.07, 6.45) is 3.79. The van der Waals surface area contributed by atoms with E-state index in [1.807, 2.05) is 18.2 Å². The zero-order valence-corrected chi connectivity index (χ0v) is 14.9. The molecule has 3 aromatic rings. The number of aromatic amines is 1. The lowest BCUT2D eigenvalue weighted by atomic mass is 9.93. The van der Waals surface area contributed by atoms with Crippen molar-refractivity contribution < 1.29 is 0 Å². The minimum Gasteiger partial charge on any atom is -0.348 e. The van der Waals surface area contributed by atoms with E-state index in [2.05, 4.69) is 58.2 Å². The standard InChI is InChI=1S/C22H22N4/c1-2-17-7-3-4-8-19(17)14-26-11-10-20-21(25-15-24-20)22(26)18-9-5-6-16(12-18)13-23/h3-9,12,15,22H,2,10-11,14H2,1H3,(H,24,25)/t22-/m1/s1. The number of fused-ring (bicyclic) bond motifs is 1. The summed E-state index contributed by atoms with van der Waals surface area (Å²) in [6, 6.07) is 18.9. The third kappa shape index (κ3) is 3.02. The van der Waals surface area contributed by atoms with Crippen molar-refractivity contribution in [2.45, 2.75) is 32.4 Å². The minimum atomic E-state index is 0.0724. The Balaban J connectivity index is 1.74. The number of hydrogen-bond acceptors (Lipinski definition) is 3. The van der Waals surface area contributed by atoms with E-state index in [-0.39, 0.29) is 6.04 Å². The van der Waals surface area contributed by atoms with Gasteiger partial charge in [-0.15, -0.1) is 0 Å². The highest BCUT2D eigenvalue weighted by molar-refractivity contribution is 5.39. The van der Waals surface area contributed by atoms with Gasteiger partial charge in [0.05, 0.1) is 29.7 Å². The first-order chi connectivity index (χ1) is 12.8. The van der Waals surface area contributed by atoms with Crippen LogP contribution in [0.1, 0.15) is 46.6 Å². The molecule has 0 fully saturated rings. The van der Waals surface area contributed by atoms with Gasteiger partial charge in [0.2, 0.25) is 0 Å². The van der Waals surface area contributed by atoms with Crippen LogP contribution in [0, 0.1) is 11.3 Å². The lowest BCUT2D eigenvalue weighted by Crippen LogP contribution is -2.36. The monoisotopic (exact) mass is 342 g/mol. The SMILES string of the molecule is CCc1ccccc1CN1CCc2[nH]cnc2[C@H]1c1cccc(C#N)c1. The molecule has 2 heterocycles. The molecule has 1 atom stereocenters. The van der Waals surface area contributed by atoms with Gasteiger partial charge >= 0.3 is 0 Å². The third-order valence-electron chi connectivity index (χ3n) is 5.23. The molecule has 0 radical (unpaired) electrons. The third-order valence-corrected chi connectivity index (χ3v) is 5.23. The average molecular weight is 342 g/mol. The van der Waals surface area contributed by atoms with Gasteiger partial charge in [0.25, 0.3) is 0 Å². The predicted molar refractivity (Wildman–Crippen MR) is 102 cm³/mol. The number of nitrogens with zero attached hydrogens (tertiary/aromatic N) is 3. The fourth-order valence-corrected chi connectivity index (χ4v) is 3.92. The van der Waals surface area contributed by atoms with Gasteiger partial charge < -0.3 is 4.98 Å². The Labute approximate surface area is 154 Å². The molecule has 0 amide bonds. The first-order valence-electron chi connectivity index (χ1n) is 9.13. The van der Waals surface area contributed by atoms with E-state index in [1.165, 1.54) is 16.8 Å². The highest BCUT2D eigenvalue weighted by Crippen LogP contribution is 2.35. The van der Waals surface area contributed by atoms with Crippen LogP contribution >= 0.6 is 0 Å². The topological polar surface area (TPSA) is 55.7 Å². The first kappa shape index (κ1) is 16.6. The van der Waals surface area contributed by atoms with Gasteiger partial charge in [-0.2, -0.15) is 5.26 Å². The Hall–Kier alpha value is -2.90. The maximum atomic E-state index is 9.30. The fraction of sp³-hybridized carbons (Fsp3) is 0.273. The Kier molecular flexibility index (Phi) is 4.55. The lowest BCUT2D eigenvalue weighted by molar-refractivity contribution is 0.200. The zero-order valence-electron chi connectivity index (χ0n) is 14.9. The van der Waals surface area contributed by atoms with E-state index in [4.69, 9.17) is 0 Å². The molecular formula is C22H22N4. The normalized spacial score (nSPS) is 16.8. The van der Waals surface area contributed by atoms with Crippen LogP contribution in [0.4, 0.5) is 0 Å². The second-order valence-corrected chi connectivity index (χ2v) is 6.75. The van der Waals surface area contributed by atoms with Gasteiger partial charge in [0.15, 0.2) is 0 Å². The van der Waals surface area contributed by atoms with Crippen molar-refractivity contribution in [1.29, 1.82) is 5.26 Å². The molecule has 4 rings (SSSR count). The molecule has 1 aromatic heterocycles. The summed E-state index contributed by atoms with van der Waals surface area (Å²) >= 11 is 0. The van der Waals surface area contributed by atoms with Gasteiger partial charge in [-0.25, -0.2) is 4.98 Å². The van der Waals surface area contributed by atoms with Crippen LogP contribution in [0.25, 0.3) is 0 Å². The number of nitrogens with one attached hydrogen (secondary N) is 1. The molecule has 2 aromatic carbocycles. The molecule has 0 saturated carbocycles. The highest BCUT2D eigenvalue weighted by atomic mass is 15.2. The summed E-state index contributed by atoms with van der Waals surface area (Å²) in [5, 5.41) is 9.30. The summed E-state index contributed by atoms with van der Waals surface area (Å²) < 4.78 is 0. The lowest BCUT2D eigenvalue weighted by Gasteiger charge is -2.35. The van der Waals surface area contributed by atoms with E-state index in [0.717, 1.165) is 37.2 Å². The van der Waals surface area contributed by atoms with Crippen molar-refractivity contribution in [2.75, 3.05) is 6.54 Å². The van der Waals surface area contributed by atoms with Crippen molar-refractivity contribution in [3.05, 3.63) is 88.5 Å². The number of nitriles is 1. The summed E-state index contributed by atoms with van der Waals surface area (Å²) in [5.41, 5.74) is 6.88. The molecule has 0 saturated heterocycles. The molecule has 130 valence electrons. The number of rotatable bonds is 4. The summed E-state index contributed by atoms with van der Waals surface area (Å²) in [6.45, 7) is 4.06. The Morgan fingerprint density at radius 2 is 2.04 bits per heavy atom. The van der Waals surface area contributed by atoms with Gasteiger partial charge in [-0.05, 0) is 35.2 Å². The molecule has 4 heteroatoms. The number of H-pyrrole nitrogens is 1. The fourth-order valence-electron chi connectivity index (χ4n) is 3.92. The molecular weight excluding hydrogens is 320 g/mol. The maximum Gasteiger partial charge on any atom is 0.0991 e. The minimum absolute atomic E-state index is 0.0724. The molecule has 0 bridgehead atoms. The van der Waals surface area contributed by atoms with Crippen molar-refractivity contribution in [3.63, 3.8) is 0 Å². The number of imidazole rings is 1. The van der Waals surface area contributed by atoms with Crippen molar-refractivity contribution in [1.82, 2.24) is 14.9 Å². The summed E-state index contributed by atoms with van der Waals surface area (Å²) in [4.78, 5) is 10.4. The molecule has 26 heavy (non-hydrogen) atoms. The van der Waals surface area contributed by atoms with Crippen molar-refractivity contribution >= 4 is 0 Å². The molecule has 1 N–H and O–H groups in total. The zero-order chi connectivity index (χ0) is 17.9. The second-order valence-electron chi connectivity index (χ2n) is 6.75. The maximum absolute atomic E-state index is 9.30. The number of aryl methyl sites for hydroxylation is 1. The summed E-state index contributed by atoms with van der Waals surface area (Å²) in [7, 11) is 0. The van der Waals surface area contributed by atoms with Crippen LogP contribution in [0.15, 0.2) is 54.9 Å². The van der Waals surface area contributed by atoms with Crippen LogP contribution in [-0.4, -0.2) is 21.4 Å². The van der Waals surface area contributed by atoms with Gasteiger partial charge in [0, 0.05) is 25.2 Å². The van der Waals surface area contributed by atoms with Crippen molar-refractivity contribution in [3.8, 4) is 6.07 Å². The first-order valence-corrected chi connectivity index (χ1v) is 9.13. The van der Waals surface area contributed by atoms with E-state index in [0.29, 0.717) is 5.56 Å². The Morgan fingerprint density at radius 1 is 1.19 bits per heavy atom. The van der Waals surface area contributed by atoms with E-state index in [1.54, 1.807) is 6.33 Å². The molecule has 0 aliphatic carbocycles. The quantitative estimate of drug-likeness (QED) is 0.780. The second kappa shape index (κ2) is 7.15. The number of hydrogen-bond donors (Lipinski definition) is 1.